The van der Waals surface area contributed by atoms with Crippen LogP contribution in [0, 0.1) is 0 Å². The lowest BCUT2D eigenvalue weighted by Gasteiger charge is -2.29. The van der Waals surface area contributed by atoms with Crippen molar-refractivity contribution in [2.24, 2.45) is 0 Å². The van der Waals surface area contributed by atoms with Crippen LogP contribution in [0.4, 0.5) is 0 Å². The number of phosphoric ester groups is 1. The summed E-state index contributed by atoms with van der Waals surface area (Å²) in [7, 11) is 1.27. The van der Waals surface area contributed by atoms with Crippen LogP contribution in [0.25, 0.3) is 0 Å². The Hall–Kier alpha value is -1.02. The fraction of sp³-hybridized carbons (Fsp3) is 0.911. The Morgan fingerprint density at radius 1 is 0.523 bits per heavy atom. The molecule has 0 saturated carbocycles. The van der Waals surface area contributed by atoms with E-state index in [1.54, 1.807) is 6.08 Å². The number of amides is 1. The van der Waals surface area contributed by atoms with E-state index in [0.717, 1.165) is 38.5 Å². The minimum absolute atomic E-state index is 0.000845. The molecule has 0 aromatic carbocycles. The highest BCUT2D eigenvalue weighted by molar-refractivity contribution is 7.45. The molecule has 0 bridgehead atoms. The van der Waals surface area contributed by atoms with Gasteiger partial charge in [0.1, 0.15) is 13.2 Å². The van der Waals surface area contributed by atoms with Gasteiger partial charge in [-0.15, -0.1) is 0 Å². The number of hydrogen-bond donors (Lipinski definition) is 2. The van der Waals surface area contributed by atoms with E-state index >= 15 is 0 Å². The monoisotopic (exact) mass is 939 g/mol. The number of aliphatic hydroxyl groups excluding tert-OH is 1. The highest BCUT2D eigenvalue weighted by Gasteiger charge is 2.23. The molecule has 0 rings (SSSR count). The number of carbonyl (C=O) groups is 1. The maximum atomic E-state index is 12.9. The lowest BCUT2D eigenvalue weighted by atomic mass is 10.0. The molecule has 3 atom stereocenters. The molecular weight excluding hydrogens is 828 g/mol. The van der Waals surface area contributed by atoms with E-state index < -0.39 is 20.0 Å². The van der Waals surface area contributed by atoms with E-state index in [-0.39, 0.29) is 19.1 Å². The van der Waals surface area contributed by atoms with Gasteiger partial charge in [0.25, 0.3) is 7.82 Å². The second-order valence-electron chi connectivity index (χ2n) is 20.6. The third-order valence-electron chi connectivity index (χ3n) is 12.9. The van der Waals surface area contributed by atoms with Crippen molar-refractivity contribution in [2.45, 2.75) is 289 Å². The SMILES string of the molecule is CCCCCCCCCCCCC/C=C/C(O)C(COP(=O)([O-])OCC[N+](C)(C)C)NC(=O)CCCCCCCCCCCCCCCC/C=C\CCCCCCCCCCCCCC. The van der Waals surface area contributed by atoms with Gasteiger partial charge in [-0.3, -0.25) is 9.36 Å². The molecule has 0 fully saturated rings. The maximum Gasteiger partial charge on any atom is 0.268 e. The fourth-order valence-corrected chi connectivity index (χ4v) is 9.17. The zero-order valence-electron chi connectivity index (χ0n) is 44.0. The molecule has 0 aliphatic heterocycles. The van der Waals surface area contributed by atoms with E-state index in [1.165, 1.54) is 218 Å². The molecule has 0 aromatic heterocycles. The predicted molar refractivity (Wildman–Crippen MR) is 279 cm³/mol. The Kier molecular flexibility index (Phi) is 47.3. The predicted octanol–water partition coefficient (Wildman–Crippen LogP) is 16.2. The number of phosphoric acid groups is 1. The molecule has 2 N–H and O–H groups in total. The van der Waals surface area contributed by atoms with Crippen LogP contribution in [0.15, 0.2) is 24.3 Å². The Bertz CT molecular complexity index is 1110. The van der Waals surface area contributed by atoms with E-state index in [2.05, 4.69) is 31.3 Å². The Balaban J connectivity index is 4.05. The van der Waals surface area contributed by atoms with Crippen LogP contribution in [0.2, 0.25) is 0 Å². The zero-order valence-corrected chi connectivity index (χ0v) is 44.9. The number of quaternary nitrogens is 1. The van der Waals surface area contributed by atoms with Gasteiger partial charge in [-0.25, -0.2) is 0 Å². The molecular formula is C56H111N2O6P. The fourth-order valence-electron chi connectivity index (χ4n) is 8.44. The summed E-state index contributed by atoms with van der Waals surface area (Å²) >= 11 is 0. The van der Waals surface area contributed by atoms with Crippen molar-refractivity contribution in [1.29, 1.82) is 0 Å². The molecule has 386 valence electrons. The van der Waals surface area contributed by atoms with Crippen LogP contribution in [-0.2, 0) is 18.4 Å². The van der Waals surface area contributed by atoms with Crippen LogP contribution >= 0.6 is 7.82 Å². The summed E-state index contributed by atoms with van der Waals surface area (Å²) < 4.78 is 23.3. The van der Waals surface area contributed by atoms with E-state index in [4.69, 9.17) is 9.05 Å². The molecule has 8 nitrogen and oxygen atoms in total. The highest BCUT2D eigenvalue weighted by atomic mass is 31.2. The lowest BCUT2D eigenvalue weighted by molar-refractivity contribution is -0.870. The molecule has 1 amide bonds. The smallest absolute Gasteiger partial charge is 0.268 e. The van der Waals surface area contributed by atoms with Crippen molar-refractivity contribution >= 4 is 13.7 Å². The molecule has 0 radical (unpaired) electrons. The molecule has 0 aliphatic rings. The third kappa shape index (κ3) is 50.7. The van der Waals surface area contributed by atoms with Crippen molar-refractivity contribution in [3.8, 4) is 0 Å². The molecule has 0 aromatic rings. The van der Waals surface area contributed by atoms with Gasteiger partial charge in [0.15, 0.2) is 0 Å². The second-order valence-corrected chi connectivity index (χ2v) is 22.1. The van der Waals surface area contributed by atoms with Gasteiger partial charge >= 0.3 is 0 Å². The van der Waals surface area contributed by atoms with E-state index in [0.29, 0.717) is 17.4 Å². The maximum absolute atomic E-state index is 12.9. The van der Waals surface area contributed by atoms with Crippen LogP contribution in [0.3, 0.4) is 0 Å². The van der Waals surface area contributed by atoms with Gasteiger partial charge in [0, 0.05) is 6.42 Å². The number of nitrogens with one attached hydrogen (secondary N) is 1. The topological polar surface area (TPSA) is 108 Å². The van der Waals surface area contributed by atoms with Gasteiger partial charge in [-0.2, -0.15) is 0 Å². The number of nitrogens with zero attached hydrogens (tertiary/aromatic N) is 1. The van der Waals surface area contributed by atoms with Crippen LogP contribution < -0.4 is 10.2 Å². The van der Waals surface area contributed by atoms with Gasteiger partial charge in [-0.1, -0.05) is 250 Å². The summed E-state index contributed by atoms with van der Waals surface area (Å²) in [4.78, 5) is 25.4. The average Bonchev–Trinajstić information content (AvgIpc) is 3.26. The number of hydrogen-bond acceptors (Lipinski definition) is 6. The van der Waals surface area contributed by atoms with Crippen molar-refractivity contribution in [3.63, 3.8) is 0 Å². The minimum atomic E-state index is -4.59. The molecule has 65 heavy (non-hydrogen) atoms. The highest BCUT2D eigenvalue weighted by Crippen LogP contribution is 2.38. The number of rotatable bonds is 52. The largest absolute Gasteiger partial charge is 0.756 e. The Morgan fingerprint density at radius 2 is 0.846 bits per heavy atom. The summed E-state index contributed by atoms with van der Waals surface area (Å²) in [6.45, 7) is 4.67. The Labute approximate surface area is 404 Å². The average molecular weight is 939 g/mol. The number of aliphatic hydroxyl groups is 1. The van der Waals surface area contributed by atoms with E-state index in [9.17, 15) is 19.4 Å². The Morgan fingerprint density at radius 3 is 1.20 bits per heavy atom. The van der Waals surface area contributed by atoms with E-state index in [1.807, 2.05) is 27.2 Å². The van der Waals surface area contributed by atoms with Gasteiger partial charge < -0.3 is 28.8 Å². The summed E-state index contributed by atoms with van der Waals surface area (Å²) in [6, 6.07) is -0.883. The van der Waals surface area contributed by atoms with Crippen molar-refractivity contribution in [1.82, 2.24) is 5.32 Å². The van der Waals surface area contributed by atoms with Crippen molar-refractivity contribution in [3.05, 3.63) is 24.3 Å². The minimum Gasteiger partial charge on any atom is -0.756 e. The van der Waals surface area contributed by atoms with Crippen LogP contribution in [0.1, 0.15) is 277 Å². The van der Waals surface area contributed by atoms with Crippen LogP contribution in [-0.4, -0.2) is 68.5 Å². The lowest BCUT2D eigenvalue weighted by Crippen LogP contribution is -2.45. The summed E-state index contributed by atoms with van der Waals surface area (Å²) in [5.74, 6) is -0.194. The first-order valence-electron chi connectivity index (χ1n) is 28.2. The number of unbranched alkanes of at least 4 members (excludes halogenated alkanes) is 37. The molecule has 0 aliphatic carbocycles. The first-order chi connectivity index (χ1) is 31.5. The van der Waals surface area contributed by atoms with Crippen LogP contribution in [0.5, 0.6) is 0 Å². The summed E-state index contributed by atoms with van der Waals surface area (Å²) in [5.41, 5.74) is 0. The molecule has 0 heterocycles. The number of carbonyl (C=O) groups excluding carboxylic acids is 1. The standard InChI is InChI=1S/C56H111N2O6P/c1-6-8-10-12-14-16-18-20-21-22-23-24-25-26-27-28-29-30-31-32-33-34-35-36-38-40-42-44-46-48-50-56(60)57-54(53-64-65(61,62)63-52-51-58(3,4)5)55(59)49-47-45-43-41-39-37-19-17-15-13-11-9-7-2/h26-27,47,49,54-55,59H,6-25,28-46,48,50-53H2,1-5H3,(H-,57,60,61,62)/b27-26-,49-47+. The first kappa shape index (κ1) is 64.0. The second kappa shape index (κ2) is 48.0. The van der Waals surface area contributed by atoms with Crippen molar-refractivity contribution < 1.29 is 32.9 Å². The number of allylic oxidation sites excluding steroid dienone is 3. The number of likely N-dealkylation sites (N-methyl/N-ethyl adjacent to an activating group) is 1. The summed E-state index contributed by atoms with van der Waals surface area (Å²) in [6.07, 6.45) is 59.7. The quantitative estimate of drug-likeness (QED) is 0.0272. The summed E-state index contributed by atoms with van der Waals surface area (Å²) in [5, 5.41) is 13.8. The normalized spacial score (nSPS) is 14.1. The van der Waals surface area contributed by atoms with Gasteiger partial charge in [0.2, 0.25) is 5.91 Å². The zero-order chi connectivity index (χ0) is 47.8. The van der Waals surface area contributed by atoms with Gasteiger partial charge in [-0.05, 0) is 44.9 Å². The molecule has 0 spiro atoms. The first-order valence-corrected chi connectivity index (χ1v) is 29.7. The van der Waals surface area contributed by atoms with Gasteiger partial charge in [0.05, 0.1) is 39.9 Å². The molecule has 0 saturated heterocycles. The molecule has 9 heteroatoms. The third-order valence-corrected chi connectivity index (χ3v) is 13.9. The molecule has 3 unspecified atom stereocenters. The van der Waals surface area contributed by atoms with Crippen molar-refractivity contribution in [2.75, 3.05) is 40.9 Å².